The van der Waals surface area contributed by atoms with Crippen LogP contribution < -0.4 is 5.32 Å². The highest BCUT2D eigenvalue weighted by atomic mass is 16.3. The molecule has 0 bridgehead atoms. The van der Waals surface area contributed by atoms with E-state index in [4.69, 9.17) is 4.42 Å². The SMILES string of the molecule is Cc1ccc(CN2CCNC(=O)C2CC(=O)N2CCCN(C=O)CC2)o1. The Morgan fingerprint density at radius 2 is 2.12 bits per heavy atom. The maximum atomic E-state index is 12.8. The number of piperazine rings is 1. The van der Waals surface area contributed by atoms with E-state index in [1.54, 1.807) is 9.80 Å². The zero-order valence-electron chi connectivity index (χ0n) is 15.1. The average molecular weight is 362 g/mol. The predicted octanol–water partition coefficient (Wildman–Crippen LogP) is -0.0308. The van der Waals surface area contributed by atoms with Gasteiger partial charge in [-0.05, 0) is 25.5 Å². The number of furan rings is 1. The minimum atomic E-state index is -0.493. The van der Waals surface area contributed by atoms with Crippen molar-refractivity contribution in [1.82, 2.24) is 20.0 Å². The fourth-order valence-electron chi connectivity index (χ4n) is 3.53. The van der Waals surface area contributed by atoms with Crippen LogP contribution in [0.5, 0.6) is 0 Å². The smallest absolute Gasteiger partial charge is 0.237 e. The summed E-state index contributed by atoms with van der Waals surface area (Å²) in [6.07, 6.45) is 1.74. The topological polar surface area (TPSA) is 86.1 Å². The Hall–Kier alpha value is -2.35. The van der Waals surface area contributed by atoms with Crippen molar-refractivity contribution in [2.75, 3.05) is 39.3 Å². The van der Waals surface area contributed by atoms with Crippen molar-refractivity contribution in [3.8, 4) is 0 Å². The highest BCUT2D eigenvalue weighted by Gasteiger charge is 2.33. The van der Waals surface area contributed by atoms with Crippen LogP contribution in [0.4, 0.5) is 0 Å². The minimum absolute atomic E-state index is 0.0413. The summed E-state index contributed by atoms with van der Waals surface area (Å²) in [6.45, 7) is 6.00. The third kappa shape index (κ3) is 4.43. The average Bonchev–Trinajstić information content (AvgIpc) is 2.89. The van der Waals surface area contributed by atoms with Gasteiger partial charge in [-0.2, -0.15) is 0 Å². The van der Waals surface area contributed by atoms with Crippen molar-refractivity contribution in [1.29, 1.82) is 0 Å². The molecule has 0 spiro atoms. The molecule has 8 heteroatoms. The lowest BCUT2D eigenvalue weighted by Crippen LogP contribution is -2.56. The monoisotopic (exact) mass is 362 g/mol. The highest BCUT2D eigenvalue weighted by molar-refractivity contribution is 5.88. The number of hydrogen-bond acceptors (Lipinski definition) is 5. The second-order valence-electron chi connectivity index (χ2n) is 6.87. The zero-order chi connectivity index (χ0) is 18.5. The lowest BCUT2D eigenvalue weighted by molar-refractivity contribution is -0.139. The summed E-state index contributed by atoms with van der Waals surface area (Å²) in [7, 11) is 0. The van der Waals surface area contributed by atoms with Crippen molar-refractivity contribution in [3.05, 3.63) is 23.7 Å². The molecular weight excluding hydrogens is 336 g/mol. The van der Waals surface area contributed by atoms with Crippen LogP contribution in [0.3, 0.4) is 0 Å². The molecule has 26 heavy (non-hydrogen) atoms. The van der Waals surface area contributed by atoms with Crippen molar-refractivity contribution in [2.24, 2.45) is 0 Å². The van der Waals surface area contributed by atoms with Crippen LogP contribution >= 0.6 is 0 Å². The van der Waals surface area contributed by atoms with Gasteiger partial charge in [-0.25, -0.2) is 0 Å². The van der Waals surface area contributed by atoms with Crippen LogP contribution in [-0.4, -0.2) is 78.2 Å². The first-order valence-electron chi connectivity index (χ1n) is 9.11. The van der Waals surface area contributed by atoms with E-state index < -0.39 is 6.04 Å². The molecule has 3 amide bonds. The second-order valence-corrected chi connectivity index (χ2v) is 6.87. The molecule has 8 nitrogen and oxygen atoms in total. The number of hydrogen-bond donors (Lipinski definition) is 1. The van der Waals surface area contributed by atoms with Crippen LogP contribution in [0.2, 0.25) is 0 Å². The molecule has 1 atom stereocenters. The maximum Gasteiger partial charge on any atom is 0.237 e. The first-order chi connectivity index (χ1) is 12.6. The molecular formula is C18H26N4O4. The Morgan fingerprint density at radius 3 is 2.85 bits per heavy atom. The fourth-order valence-corrected chi connectivity index (χ4v) is 3.53. The Bertz CT molecular complexity index is 659. The normalized spacial score (nSPS) is 22.0. The van der Waals surface area contributed by atoms with Gasteiger partial charge in [0.1, 0.15) is 11.5 Å². The van der Waals surface area contributed by atoms with Crippen LogP contribution in [0, 0.1) is 6.92 Å². The summed E-state index contributed by atoms with van der Waals surface area (Å²) >= 11 is 0. The molecule has 142 valence electrons. The quantitative estimate of drug-likeness (QED) is 0.744. The van der Waals surface area contributed by atoms with Gasteiger partial charge in [0.25, 0.3) is 0 Å². The molecule has 0 aliphatic carbocycles. The molecule has 0 radical (unpaired) electrons. The van der Waals surface area contributed by atoms with E-state index in [1.807, 2.05) is 24.0 Å². The van der Waals surface area contributed by atoms with Crippen molar-refractivity contribution in [3.63, 3.8) is 0 Å². The largest absolute Gasteiger partial charge is 0.465 e. The molecule has 2 aliphatic heterocycles. The van der Waals surface area contributed by atoms with Gasteiger partial charge < -0.3 is 19.5 Å². The van der Waals surface area contributed by atoms with E-state index >= 15 is 0 Å². The van der Waals surface area contributed by atoms with Crippen LogP contribution in [0.25, 0.3) is 0 Å². The van der Waals surface area contributed by atoms with Crippen molar-refractivity contribution >= 4 is 18.2 Å². The van der Waals surface area contributed by atoms with Crippen molar-refractivity contribution in [2.45, 2.75) is 32.4 Å². The van der Waals surface area contributed by atoms with Gasteiger partial charge in [-0.1, -0.05) is 0 Å². The summed E-state index contributed by atoms with van der Waals surface area (Å²) in [5.74, 6) is 1.47. The third-order valence-corrected chi connectivity index (χ3v) is 5.00. The Morgan fingerprint density at radius 1 is 1.27 bits per heavy atom. The molecule has 2 aliphatic rings. The van der Waals surface area contributed by atoms with Gasteiger partial charge in [0, 0.05) is 39.3 Å². The summed E-state index contributed by atoms with van der Waals surface area (Å²) in [6, 6.07) is 3.31. The molecule has 3 rings (SSSR count). The van der Waals surface area contributed by atoms with E-state index in [0.717, 1.165) is 24.4 Å². The van der Waals surface area contributed by atoms with Crippen LogP contribution in [0.15, 0.2) is 16.5 Å². The van der Waals surface area contributed by atoms with E-state index in [9.17, 15) is 14.4 Å². The number of carbonyl (C=O) groups is 3. The maximum absolute atomic E-state index is 12.8. The first-order valence-corrected chi connectivity index (χ1v) is 9.11. The molecule has 2 saturated heterocycles. The highest BCUT2D eigenvalue weighted by Crippen LogP contribution is 2.17. The first kappa shape index (κ1) is 18.4. The number of aryl methyl sites for hydroxylation is 1. The standard InChI is InChI=1S/C18H26N4O4/c1-14-3-4-15(26-14)12-22-8-5-19-18(25)16(22)11-17(24)21-7-2-6-20(13-23)9-10-21/h3-4,13,16H,2,5-12H2,1H3,(H,19,25). The number of nitrogens with one attached hydrogen (secondary N) is 1. The molecule has 0 aromatic carbocycles. The lowest BCUT2D eigenvalue weighted by atomic mass is 10.1. The van der Waals surface area contributed by atoms with E-state index in [-0.39, 0.29) is 18.2 Å². The summed E-state index contributed by atoms with van der Waals surface area (Å²) in [5.41, 5.74) is 0. The van der Waals surface area contributed by atoms with Gasteiger partial charge in [-0.15, -0.1) is 0 Å². The molecule has 1 aromatic heterocycles. The number of nitrogens with zero attached hydrogens (tertiary/aromatic N) is 3. The lowest BCUT2D eigenvalue weighted by Gasteiger charge is -2.35. The van der Waals surface area contributed by atoms with Crippen LogP contribution in [0.1, 0.15) is 24.4 Å². The zero-order valence-corrected chi connectivity index (χ0v) is 15.1. The predicted molar refractivity (Wildman–Crippen MR) is 94.1 cm³/mol. The molecule has 1 aromatic rings. The minimum Gasteiger partial charge on any atom is -0.465 e. The second kappa shape index (κ2) is 8.35. The Labute approximate surface area is 153 Å². The number of carbonyl (C=O) groups excluding carboxylic acids is 3. The number of rotatable bonds is 5. The van der Waals surface area contributed by atoms with Gasteiger partial charge in [0.2, 0.25) is 18.2 Å². The Balaban J connectivity index is 1.63. The fraction of sp³-hybridized carbons (Fsp3) is 0.611. The Kier molecular flexibility index (Phi) is 5.92. The number of amides is 3. The summed E-state index contributed by atoms with van der Waals surface area (Å²) in [5, 5.41) is 2.85. The molecule has 0 saturated carbocycles. The van der Waals surface area contributed by atoms with E-state index in [0.29, 0.717) is 45.8 Å². The van der Waals surface area contributed by atoms with Crippen LogP contribution in [-0.2, 0) is 20.9 Å². The van der Waals surface area contributed by atoms with E-state index in [1.165, 1.54) is 0 Å². The summed E-state index contributed by atoms with van der Waals surface area (Å²) in [4.78, 5) is 41.5. The van der Waals surface area contributed by atoms with Gasteiger partial charge in [-0.3, -0.25) is 19.3 Å². The molecule has 2 fully saturated rings. The molecule has 3 heterocycles. The van der Waals surface area contributed by atoms with Gasteiger partial charge >= 0.3 is 0 Å². The third-order valence-electron chi connectivity index (χ3n) is 5.00. The van der Waals surface area contributed by atoms with Crippen molar-refractivity contribution < 1.29 is 18.8 Å². The molecule has 1 unspecified atom stereocenters. The van der Waals surface area contributed by atoms with Gasteiger partial charge in [0.15, 0.2) is 0 Å². The molecule has 1 N–H and O–H groups in total. The van der Waals surface area contributed by atoms with Gasteiger partial charge in [0.05, 0.1) is 19.0 Å². The summed E-state index contributed by atoms with van der Waals surface area (Å²) < 4.78 is 5.62. The van der Waals surface area contributed by atoms with E-state index in [2.05, 4.69) is 5.32 Å².